The largest absolute Gasteiger partial charge is 2.00 e. The number of carbonyl (C=O) groups excluding carboxylic acids is 2. The van der Waals surface area contributed by atoms with E-state index in [0.717, 1.165) is 45.6 Å². The van der Waals surface area contributed by atoms with Gasteiger partial charge in [-0.15, -0.1) is 20.5 Å². The van der Waals surface area contributed by atoms with Gasteiger partial charge in [0.05, 0.1) is 57.5 Å². The number of aromatic carboxylic acids is 2. The number of benzene rings is 2. The Balaban J connectivity index is 0.000000422. The Morgan fingerprint density at radius 2 is 0.500 bits per heavy atom. The van der Waals surface area contributed by atoms with Crippen LogP contribution in [0.1, 0.15) is 20.7 Å². The summed E-state index contributed by atoms with van der Waals surface area (Å²) in [6, 6.07) is 51.1. The van der Waals surface area contributed by atoms with E-state index in [4.69, 9.17) is 37.3 Å². The van der Waals surface area contributed by atoms with Crippen LogP contribution in [0.25, 0.3) is 45.6 Å². The number of hydrogen-bond acceptors (Lipinski definition) is 18. The number of nitrogens with zero attached hydrogens (tertiary/aromatic N) is 6. The van der Waals surface area contributed by atoms with Crippen LogP contribution in [-0.4, -0.2) is 41.8 Å². The SMILES string of the molecule is O=C([O-])c1ccccc1.O=C([O-])c1ccccc1.[Cu+2].[Cu+2].[O-][Cl+3]([O-])([O-])[O-].[O-][Cl+3]([O-])([O-])[O-].c1ccc(-c2cccc(-c3ccccn3)n2)nc1.c1ccc(-c2cccc(-c3ccccn3)n2)nc1. The maximum absolute atomic E-state index is 10.1. The zero-order chi connectivity index (χ0) is 46.8. The van der Waals surface area contributed by atoms with E-state index in [9.17, 15) is 19.8 Å². The molecule has 0 saturated carbocycles. The fraction of sp³-hybridized carbons (Fsp3) is 0. The monoisotopic (exact) mass is 1030 g/mol. The van der Waals surface area contributed by atoms with E-state index in [2.05, 4.69) is 29.9 Å². The van der Waals surface area contributed by atoms with E-state index < -0.39 is 32.4 Å². The smallest absolute Gasteiger partial charge is 0.545 e. The molecule has 346 valence electrons. The van der Waals surface area contributed by atoms with Gasteiger partial charge in [-0.1, -0.05) is 97.1 Å². The molecule has 66 heavy (non-hydrogen) atoms. The number of hydrogen-bond donors (Lipinski definition) is 0. The van der Waals surface area contributed by atoms with Crippen molar-refractivity contribution in [1.82, 2.24) is 29.9 Å². The van der Waals surface area contributed by atoms with Gasteiger partial charge in [0.2, 0.25) is 0 Å². The zero-order valence-corrected chi connectivity index (χ0v) is 36.8. The van der Waals surface area contributed by atoms with Gasteiger partial charge in [-0.25, -0.2) is 47.2 Å². The predicted molar refractivity (Wildman–Crippen MR) is 203 cm³/mol. The van der Waals surface area contributed by atoms with Gasteiger partial charge in [-0.3, -0.25) is 19.9 Å². The molecule has 0 bridgehead atoms. The Morgan fingerprint density at radius 1 is 0.303 bits per heavy atom. The van der Waals surface area contributed by atoms with Crippen molar-refractivity contribution in [3.63, 3.8) is 0 Å². The summed E-state index contributed by atoms with van der Waals surface area (Å²) in [6.45, 7) is 0. The molecule has 22 heteroatoms. The number of rotatable bonds is 6. The van der Waals surface area contributed by atoms with E-state index in [0.29, 0.717) is 0 Å². The molecular weight excluding hydrogens is 1000 g/mol. The minimum Gasteiger partial charge on any atom is -0.545 e. The predicted octanol–water partition coefficient (Wildman–Crippen LogP) is -3.01. The minimum absolute atomic E-state index is 0. The Morgan fingerprint density at radius 3 is 0.667 bits per heavy atom. The first kappa shape index (κ1) is 57.6. The van der Waals surface area contributed by atoms with Gasteiger partial charge < -0.3 is 19.8 Å². The van der Waals surface area contributed by atoms with E-state index in [1.807, 2.05) is 109 Å². The van der Waals surface area contributed by atoms with Crippen LogP contribution < -0.4 is 47.5 Å². The molecule has 0 aliphatic rings. The number of carboxylic acid groups (broad SMARTS) is 2. The van der Waals surface area contributed by atoms with Crippen molar-refractivity contribution < 1.29 is 112 Å². The normalized spacial score (nSPS) is 9.82. The molecule has 0 amide bonds. The summed E-state index contributed by atoms with van der Waals surface area (Å²) >= 11 is 0. The Bertz CT molecular complexity index is 2260. The van der Waals surface area contributed by atoms with Gasteiger partial charge >= 0.3 is 34.1 Å². The molecule has 8 rings (SSSR count). The van der Waals surface area contributed by atoms with Crippen molar-refractivity contribution >= 4 is 11.9 Å². The van der Waals surface area contributed by atoms with Crippen molar-refractivity contribution in [3.05, 3.63) is 206 Å². The fourth-order valence-corrected chi connectivity index (χ4v) is 4.65. The van der Waals surface area contributed by atoms with Gasteiger partial charge in [-0.05, 0) is 83.9 Å². The minimum atomic E-state index is -4.94. The zero-order valence-electron chi connectivity index (χ0n) is 33.4. The van der Waals surface area contributed by atoms with Gasteiger partial charge in [-0.2, -0.15) is 0 Å². The summed E-state index contributed by atoms with van der Waals surface area (Å²) in [4.78, 5) is 46.6. The molecule has 0 fully saturated rings. The topological polar surface area (TPSA) is 342 Å². The van der Waals surface area contributed by atoms with Crippen molar-refractivity contribution in [2.75, 3.05) is 0 Å². The third-order valence-electron chi connectivity index (χ3n) is 7.23. The quantitative estimate of drug-likeness (QED) is 0.150. The van der Waals surface area contributed by atoms with E-state index in [1.165, 1.54) is 24.3 Å². The first-order chi connectivity index (χ1) is 30.5. The van der Waals surface area contributed by atoms with Crippen molar-refractivity contribution in [3.8, 4) is 45.6 Å². The fourth-order valence-electron chi connectivity index (χ4n) is 4.65. The molecule has 0 aliphatic heterocycles. The van der Waals surface area contributed by atoms with E-state index >= 15 is 0 Å². The van der Waals surface area contributed by atoms with Crippen LogP contribution in [-0.2, 0) is 34.1 Å². The third-order valence-corrected chi connectivity index (χ3v) is 7.23. The first-order valence-electron chi connectivity index (χ1n) is 17.8. The van der Waals surface area contributed by atoms with Crippen LogP contribution in [0.2, 0.25) is 0 Å². The van der Waals surface area contributed by atoms with Gasteiger partial charge in [0.1, 0.15) is 0 Å². The Hall–Kier alpha value is -6.42. The van der Waals surface area contributed by atoms with Crippen LogP contribution in [0.15, 0.2) is 195 Å². The summed E-state index contributed by atoms with van der Waals surface area (Å²) < 4.78 is 67.9. The molecule has 0 unspecified atom stereocenters. The molecule has 0 atom stereocenters. The average molecular weight is 1030 g/mol. The third kappa shape index (κ3) is 25.2. The van der Waals surface area contributed by atoms with Gasteiger partial charge in [0, 0.05) is 24.8 Å². The van der Waals surface area contributed by atoms with E-state index in [1.54, 1.807) is 61.2 Å². The molecule has 2 aromatic carbocycles. The van der Waals surface area contributed by atoms with Crippen molar-refractivity contribution in [2.45, 2.75) is 0 Å². The van der Waals surface area contributed by atoms with Crippen LogP contribution in [0.4, 0.5) is 0 Å². The maximum atomic E-state index is 10.1. The van der Waals surface area contributed by atoms with Crippen molar-refractivity contribution in [2.24, 2.45) is 0 Å². The molecule has 0 aliphatic carbocycles. The number of halogens is 2. The Labute approximate surface area is 402 Å². The number of carboxylic acids is 2. The molecule has 0 spiro atoms. The Kier molecular flexibility index (Phi) is 26.8. The first-order valence-corrected chi connectivity index (χ1v) is 20.3. The molecule has 18 nitrogen and oxygen atoms in total. The summed E-state index contributed by atoms with van der Waals surface area (Å²) in [5.74, 6) is -2.26. The second kappa shape index (κ2) is 30.7. The van der Waals surface area contributed by atoms with Crippen molar-refractivity contribution in [1.29, 1.82) is 0 Å². The molecule has 2 radical (unpaired) electrons. The molecule has 8 aromatic rings. The van der Waals surface area contributed by atoms with Crippen LogP contribution in [0.5, 0.6) is 0 Å². The summed E-state index contributed by atoms with van der Waals surface area (Å²) in [5, 5.41) is 20.2. The standard InChI is InChI=1S/2C15H11N3.2C7H6O2.2ClHO4.2Cu/c2*1-3-10-16-12(6-1)14-8-5-9-15(18-14)13-7-2-4-11-17-13;2*8-7(9)6-4-2-1-3-5-6;2*2-1(3,4)5;;/h2*1-11H;2*1-5H,(H,8,9);2*(H,2,3,4,5);;/q;;;;;;2*+2/p-4. The second-order valence-electron chi connectivity index (χ2n) is 11.7. The molecule has 0 saturated heterocycles. The second-order valence-corrected chi connectivity index (χ2v) is 13.3. The molecule has 0 N–H and O–H groups in total. The molecule has 6 aromatic heterocycles. The van der Waals surface area contributed by atoms with Crippen LogP contribution >= 0.6 is 0 Å². The number of carbonyl (C=O) groups is 2. The average Bonchev–Trinajstić information content (AvgIpc) is 3.30. The summed E-state index contributed by atoms with van der Waals surface area (Å²) in [5.41, 5.74) is 7.36. The maximum Gasteiger partial charge on any atom is 2.00 e. The number of aromatic nitrogens is 6. The summed E-state index contributed by atoms with van der Waals surface area (Å²) in [7, 11) is -9.89. The van der Waals surface area contributed by atoms with E-state index in [-0.39, 0.29) is 45.3 Å². The van der Waals surface area contributed by atoms with Crippen LogP contribution in [0.3, 0.4) is 0 Å². The van der Waals surface area contributed by atoms with Crippen LogP contribution in [0, 0.1) is 20.5 Å². The van der Waals surface area contributed by atoms with Gasteiger partial charge in [0.25, 0.3) is 0 Å². The molecular formula is C44H32Cl2Cu2N6O12. The number of pyridine rings is 6. The van der Waals surface area contributed by atoms with Gasteiger partial charge in [0.15, 0.2) is 0 Å². The molecule has 6 heterocycles. The summed E-state index contributed by atoms with van der Waals surface area (Å²) in [6.07, 6.45) is 7.07.